The van der Waals surface area contributed by atoms with Gasteiger partial charge >= 0.3 is 0 Å². The second-order valence-electron chi connectivity index (χ2n) is 5.34. The van der Waals surface area contributed by atoms with Gasteiger partial charge in [0.05, 0.1) is 6.10 Å². The molecule has 0 aromatic rings. The van der Waals surface area contributed by atoms with E-state index in [0.29, 0.717) is 12.1 Å². The van der Waals surface area contributed by atoms with Gasteiger partial charge in [0, 0.05) is 19.1 Å². The minimum Gasteiger partial charge on any atom is -0.353 e. The predicted molar refractivity (Wildman–Crippen MR) is 77.9 cm³/mol. The third-order valence-corrected chi connectivity index (χ3v) is 3.19. The molecule has 1 unspecified atom stereocenters. The van der Waals surface area contributed by atoms with Gasteiger partial charge in [0.1, 0.15) is 0 Å². The molecule has 1 aliphatic heterocycles. The molecule has 1 aliphatic rings. The van der Waals surface area contributed by atoms with Crippen LogP contribution in [0.15, 0.2) is 0 Å². The molecule has 0 amide bonds. The maximum absolute atomic E-state index is 5.72. The van der Waals surface area contributed by atoms with Crippen LogP contribution in [-0.4, -0.2) is 44.0 Å². The van der Waals surface area contributed by atoms with Crippen LogP contribution < -0.4 is 0 Å². The van der Waals surface area contributed by atoms with Crippen molar-refractivity contribution >= 4 is 0 Å². The van der Waals surface area contributed by atoms with Gasteiger partial charge in [0.25, 0.3) is 0 Å². The number of hydrogen-bond acceptors (Lipinski definition) is 3. The van der Waals surface area contributed by atoms with Crippen LogP contribution in [0.2, 0.25) is 0 Å². The van der Waals surface area contributed by atoms with Crippen molar-refractivity contribution in [1.29, 1.82) is 0 Å². The highest BCUT2D eigenvalue weighted by Gasteiger charge is 2.28. The Balaban J connectivity index is 0.000000631. The van der Waals surface area contributed by atoms with Gasteiger partial charge in [-0.2, -0.15) is 0 Å². The van der Waals surface area contributed by atoms with E-state index in [4.69, 9.17) is 9.47 Å². The van der Waals surface area contributed by atoms with E-state index >= 15 is 0 Å². The number of hydrogen-bond donors (Lipinski definition) is 0. The van der Waals surface area contributed by atoms with Crippen molar-refractivity contribution < 1.29 is 9.47 Å². The summed E-state index contributed by atoms with van der Waals surface area (Å²) in [6.07, 6.45) is 6.13. The van der Waals surface area contributed by atoms with Gasteiger partial charge in [-0.3, -0.25) is 0 Å². The average molecular weight is 259 g/mol. The molecule has 1 heterocycles. The molecule has 110 valence electrons. The van der Waals surface area contributed by atoms with Gasteiger partial charge in [0.2, 0.25) is 0 Å². The molecule has 3 heteroatoms. The van der Waals surface area contributed by atoms with Gasteiger partial charge in [-0.15, -0.1) is 0 Å². The molecule has 3 atom stereocenters. The molecule has 0 radical (unpaired) electrons. The zero-order valence-corrected chi connectivity index (χ0v) is 13.2. The van der Waals surface area contributed by atoms with Crippen molar-refractivity contribution in [2.24, 2.45) is 0 Å². The molecular formula is C15H33NO2. The Hall–Kier alpha value is -0.120. The zero-order chi connectivity index (χ0) is 14.0. The molecule has 0 spiro atoms. The van der Waals surface area contributed by atoms with Gasteiger partial charge in [-0.25, -0.2) is 0 Å². The van der Waals surface area contributed by atoms with Crippen molar-refractivity contribution in [3.8, 4) is 0 Å². The Kier molecular flexibility index (Phi) is 10.7. The lowest BCUT2D eigenvalue weighted by atomic mass is 10.0. The molecule has 1 rings (SSSR count). The first-order chi connectivity index (χ1) is 8.54. The zero-order valence-electron chi connectivity index (χ0n) is 13.2. The summed E-state index contributed by atoms with van der Waals surface area (Å²) in [4.78, 5) is 2.27. The van der Waals surface area contributed by atoms with E-state index < -0.39 is 0 Å². The van der Waals surface area contributed by atoms with Crippen LogP contribution in [0.1, 0.15) is 59.8 Å². The lowest BCUT2D eigenvalue weighted by molar-refractivity contribution is -0.201. The van der Waals surface area contributed by atoms with Gasteiger partial charge < -0.3 is 14.4 Å². The fourth-order valence-electron chi connectivity index (χ4n) is 1.85. The second kappa shape index (κ2) is 10.8. The van der Waals surface area contributed by atoms with Crippen LogP contribution in [-0.2, 0) is 9.47 Å². The Morgan fingerprint density at radius 1 is 1.06 bits per heavy atom. The van der Waals surface area contributed by atoms with Crippen LogP contribution >= 0.6 is 0 Å². The molecule has 0 aromatic carbocycles. The molecule has 18 heavy (non-hydrogen) atoms. The second-order valence-corrected chi connectivity index (χ2v) is 5.34. The Morgan fingerprint density at radius 2 is 1.67 bits per heavy atom. The average Bonchev–Trinajstić information content (AvgIpc) is 2.36. The maximum Gasteiger partial charge on any atom is 0.159 e. The predicted octanol–water partition coefficient (Wildman–Crippen LogP) is 3.67. The highest BCUT2D eigenvalue weighted by atomic mass is 16.7. The van der Waals surface area contributed by atoms with E-state index in [1.807, 2.05) is 0 Å². The summed E-state index contributed by atoms with van der Waals surface area (Å²) in [6, 6.07) is 0.598. The van der Waals surface area contributed by atoms with E-state index in [9.17, 15) is 0 Å². The molecule has 1 fully saturated rings. The minimum absolute atomic E-state index is 0.00565. The van der Waals surface area contributed by atoms with Crippen LogP contribution in [0.3, 0.4) is 0 Å². The largest absolute Gasteiger partial charge is 0.353 e. The number of rotatable bonds is 5. The maximum atomic E-state index is 5.72. The van der Waals surface area contributed by atoms with E-state index in [-0.39, 0.29) is 6.29 Å². The van der Waals surface area contributed by atoms with Crippen molar-refractivity contribution in [2.75, 3.05) is 20.7 Å². The summed E-state index contributed by atoms with van der Waals surface area (Å²) in [6.45, 7) is 9.41. The first-order valence-corrected chi connectivity index (χ1v) is 7.48. The summed E-state index contributed by atoms with van der Waals surface area (Å²) in [5.74, 6) is 0. The molecule has 0 aromatic heterocycles. The summed E-state index contributed by atoms with van der Waals surface area (Å²) in [7, 11) is 4.25. The van der Waals surface area contributed by atoms with Crippen molar-refractivity contribution in [1.82, 2.24) is 4.90 Å². The van der Waals surface area contributed by atoms with Crippen LogP contribution in [0, 0.1) is 0 Å². The third-order valence-electron chi connectivity index (χ3n) is 3.19. The highest BCUT2D eigenvalue weighted by Crippen LogP contribution is 2.22. The van der Waals surface area contributed by atoms with E-state index in [0.717, 1.165) is 25.9 Å². The minimum atomic E-state index is 0.00565. The summed E-state index contributed by atoms with van der Waals surface area (Å²) < 4.78 is 11.4. The molecule has 0 aliphatic carbocycles. The number of ether oxygens (including phenoxy) is 2. The van der Waals surface area contributed by atoms with E-state index in [1.54, 1.807) is 0 Å². The first-order valence-electron chi connectivity index (χ1n) is 7.48. The summed E-state index contributed by atoms with van der Waals surface area (Å²) in [5, 5.41) is 0. The van der Waals surface area contributed by atoms with Crippen LogP contribution in [0.4, 0.5) is 0 Å². The fraction of sp³-hybridized carbons (Fsp3) is 1.00. The van der Waals surface area contributed by atoms with Crippen molar-refractivity contribution in [3.63, 3.8) is 0 Å². The molecular weight excluding hydrogens is 226 g/mol. The fourth-order valence-corrected chi connectivity index (χ4v) is 1.85. The summed E-state index contributed by atoms with van der Waals surface area (Å²) in [5.41, 5.74) is 0. The molecule has 1 saturated heterocycles. The monoisotopic (exact) mass is 259 g/mol. The molecule has 3 nitrogen and oxygen atoms in total. The normalized spacial score (nSPS) is 27.8. The van der Waals surface area contributed by atoms with Crippen LogP contribution in [0.5, 0.6) is 0 Å². The van der Waals surface area contributed by atoms with E-state index in [1.165, 1.54) is 12.8 Å². The third kappa shape index (κ3) is 8.06. The van der Waals surface area contributed by atoms with Gasteiger partial charge in [-0.1, -0.05) is 33.6 Å². The van der Waals surface area contributed by atoms with Crippen molar-refractivity contribution in [2.45, 2.75) is 78.2 Å². The smallest absolute Gasteiger partial charge is 0.159 e. The quantitative estimate of drug-likeness (QED) is 0.752. The molecule has 0 bridgehead atoms. The van der Waals surface area contributed by atoms with Gasteiger partial charge in [0.15, 0.2) is 6.29 Å². The first kappa shape index (κ1) is 17.9. The summed E-state index contributed by atoms with van der Waals surface area (Å²) >= 11 is 0. The lowest BCUT2D eigenvalue weighted by Crippen LogP contribution is -2.42. The topological polar surface area (TPSA) is 21.7 Å². The number of unbranched alkanes of at least 4 members (excludes halogenated alkanes) is 1. The number of nitrogens with zero attached hydrogens (tertiary/aromatic N) is 1. The standard InChI is InChI=1S/C11H23NO2.C4H10/c1-5-6-13-11-8-10(12(3)4)7-9(2)14-11;1-3-4-2/h9-11H,5-8H2,1-4H3;3-4H2,1-2H3/t9-,10+,11?;/m1./s1. The molecule has 0 N–H and O–H groups in total. The Labute approximate surface area is 114 Å². The Morgan fingerprint density at radius 3 is 2.11 bits per heavy atom. The lowest BCUT2D eigenvalue weighted by Gasteiger charge is -2.36. The van der Waals surface area contributed by atoms with Crippen molar-refractivity contribution in [3.05, 3.63) is 0 Å². The Bertz CT molecular complexity index is 183. The van der Waals surface area contributed by atoms with E-state index in [2.05, 4.69) is 46.7 Å². The van der Waals surface area contributed by atoms with Crippen LogP contribution in [0.25, 0.3) is 0 Å². The molecule has 0 saturated carbocycles. The highest BCUT2D eigenvalue weighted by molar-refractivity contribution is 4.76. The van der Waals surface area contributed by atoms with Gasteiger partial charge in [-0.05, 0) is 33.9 Å². The SMILES string of the molecule is CCCC.CCCOC1C[C@@H](N(C)C)C[C@@H](C)O1.